The van der Waals surface area contributed by atoms with Crippen LogP contribution in [0.25, 0.3) is 0 Å². The maximum Gasteiger partial charge on any atom is 0.247 e. The molecule has 0 aliphatic rings. The summed E-state index contributed by atoms with van der Waals surface area (Å²) in [5.74, 6) is -0.424. The van der Waals surface area contributed by atoms with E-state index in [9.17, 15) is 4.79 Å². The third-order valence-electron chi connectivity index (χ3n) is 3.14. The Labute approximate surface area is 138 Å². The number of carbonyl (C=O) groups is 1. The van der Waals surface area contributed by atoms with E-state index in [-0.39, 0.29) is 17.1 Å². The molecule has 0 heterocycles. The first-order chi connectivity index (χ1) is 11.1. The van der Waals surface area contributed by atoms with Gasteiger partial charge in [0, 0.05) is 16.3 Å². The second-order valence-corrected chi connectivity index (χ2v) is 6.68. The fourth-order valence-corrected chi connectivity index (χ4v) is 3.57. The molecule has 6 heteroatoms. The van der Waals surface area contributed by atoms with Crippen LogP contribution >= 0.6 is 10.7 Å². The number of benzene rings is 2. The van der Waals surface area contributed by atoms with Gasteiger partial charge in [-0.2, -0.15) is 0 Å². The lowest BCUT2D eigenvalue weighted by atomic mass is 10.1. The molecule has 122 valence electrons. The Kier molecular flexibility index (Phi) is 6.19. The highest BCUT2D eigenvalue weighted by atomic mass is 32.2. The van der Waals surface area contributed by atoms with Crippen LogP contribution in [0.2, 0.25) is 0 Å². The topological polar surface area (TPSA) is 87.4 Å². The minimum atomic E-state index is -0.424. The molecular formula is C17H21N3O2S. The summed E-state index contributed by atoms with van der Waals surface area (Å²) >= 11 is 0. The van der Waals surface area contributed by atoms with Gasteiger partial charge in [0.2, 0.25) is 5.91 Å². The van der Waals surface area contributed by atoms with Crippen LogP contribution in [0.5, 0.6) is 0 Å². The van der Waals surface area contributed by atoms with Crippen molar-refractivity contribution in [3.05, 3.63) is 54.1 Å². The molecule has 2 aromatic rings. The third kappa shape index (κ3) is 5.12. The van der Waals surface area contributed by atoms with E-state index in [0.29, 0.717) is 0 Å². The number of nitrogen functional groups attached to an aromatic ring is 1. The number of hydroxylamine groups is 1. The highest BCUT2D eigenvalue weighted by Crippen LogP contribution is 2.29. The Morgan fingerprint density at radius 2 is 1.83 bits per heavy atom. The Bertz CT molecular complexity index is 682. The summed E-state index contributed by atoms with van der Waals surface area (Å²) in [6.45, 7) is 2.11. The maximum atomic E-state index is 11.2. The average molecular weight is 331 g/mol. The number of hydrogen-bond donors (Lipinski definition) is 4. The summed E-state index contributed by atoms with van der Waals surface area (Å²) in [7, 11) is -0.216. The van der Waals surface area contributed by atoms with Crippen molar-refractivity contribution in [1.82, 2.24) is 5.48 Å². The van der Waals surface area contributed by atoms with Gasteiger partial charge in [-0.25, -0.2) is 5.48 Å². The van der Waals surface area contributed by atoms with Gasteiger partial charge in [-0.05, 0) is 53.7 Å². The summed E-state index contributed by atoms with van der Waals surface area (Å²) in [6, 6.07) is 15.5. The number of amides is 1. The van der Waals surface area contributed by atoms with Crippen LogP contribution < -0.4 is 15.9 Å². The standard InChI is InChI=1S/C17H21N3O2S/c1-2-11-23(16-9-5-14(18)6-10-16)20-15-7-3-13(4-8-15)12-17(21)19-22/h3-11,20,22H,2,12,18H2,1H3,(H,19,21). The molecule has 0 saturated carbocycles. The van der Waals surface area contributed by atoms with Gasteiger partial charge >= 0.3 is 0 Å². The molecule has 0 aliphatic carbocycles. The van der Waals surface area contributed by atoms with Crippen molar-refractivity contribution in [3.8, 4) is 0 Å². The normalized spacial score (nSPS) is 11.9. The highest BCUT2D eigenvalue weighted by molar-refractivity contribution is 8.16. The molecule has 1 unspecified atom stereocenters. The fourth-order valence-electron chi connectivity index (χ4n) is 2.02. The number of nitrogens with one attached hydrogen (secondary N) is 2. The van der Waals surface area contributed by atoms with Crippen LogP contribution in [0.15, 0.2) is 53.4 Å². The second-order valence-electron chi connectivity index (χ2n) is 4.99. The molecule has 0 bridgehead atoms. The van der Waals surface area contributed by atoms with Crippen LogP contribution in [0, 0.1) is 0 Å². The smallest absolute Gasteiger partial charge is 0.247 e. The second kappa shape index (κ2) is 8.36. The molecule has 0 spiro atoms. The molecule has 1 atom stereocenters. The first kappa shape index (κ1) is 17.1. The van der Waals surface area contributed by atoms with Gasteiger partial charge in [-0.3, -0.25) is 10.0 Å². The maximum absolute atomic E-state index is 11.2. The van der Waals surface area contributed by atoms with Crippen LogP contribution in [0.1, 0.15) is 18.9 Å². The third-order valence-corrected chi connectivity index (χ3v) is 5.04. The quantitative estimate of drug-likeness (QED) is 0.283. The first-order valence-corrected chi connectivity index (χ1v) is 8.61. The van der Waals surface area contributed by atoms with Crippen molar-refractivity contribution in [1.29, 1.82) is 0 Å². The van der Waals surface area contributed by atoms with E-state index in [0.717, 1.165) is 23.4 Å². The number of carbonyl (C=O) groups excluding carboxylic acids is 1. The Morgan fingerprint density at radius 3 is 2.39 bits per heavy atom. The minimum absolute atomic E-state index is 0.154. The Balaban J connectivity index is 2.13. The summed E-state index contributed by atoms with van der Waals surface area (Å²) < 4.78 is 3.49. The summed E-state index contributed by atoms with van der Waals surface area (Å²) in [5, 5.41) is 10.8. The van der Waals surface area contributed by atoms with E-state index in [2.05, 4.69) is 17.0 Å². The Morgan fingerprint density at radius 1 is 1.17 bits per heavy atom. The number of anilines is 2. The lowest BCUT2D eigenvalue weighted by Gasteiger charge is -2.14. The number of nitrogens with two attached hydrogens (primary N) is 1. The van der Waals surface area contributed by atoms with E-state index < -0.39 is 5.91 Å². The van der Waals surface area contributed by atoms with Crippen molar-refractivity contribution < 1.29 is 10.0 Å². The Hall–Kier alpha value is -2.31. The molecule has 5 N–H and O–H groups in total. The summed E-state index contributed by atoms with van der Waals surface area (Å²) in [5.41, 5.74) is 9.94. The van der Waals surface area contributed by atoms with Crippen molar-refractivity contribution in [2.75, 3.05) is 10.5 Å². The van der Waals surface area contributed by atoms with Gasteiger partial charge in [-0.15, -0.1) is 0 Å². The largest absolute Gasteiger partial charge is 0.399 e. The fraction of sp³-hybridized carbons (Fsp3) is 0.176. The van der Waals surface area contributed by atoms with Gasteiger partial charge in [0.1, 0.15) is 0 Å². The van der Waals surface area contributed by atoms with Crippen molar-refractivity contribution in [3.63, 3.8) is 0 Å². The monoisotopic (exact) mass is 331 g/mol. The molecular weight excluding hydrogens is 310 g/mol. The van der Waals surface area contributed by atoms with E-state index in [1.807, 2.05) is 48.5 Å². The predicted molar refractivity (Wildman–Crippen MR) is 96.8 cm³/mol. The SMILES string of the molecule is CC/C=S(/Nc1ccc(CC(=O)NO)cc1)c1ccc(N)cc1. The van der Waals surface area contributed by atoms with Crippen LogP contribution in [-0.2, 0) is 11.2 Å². The minimum Gasteiger partial charge on any atom is -0.399 e. The van der Waals surface area contributed by atoms with Crippen molar-refractivity contribution in [2.24, 2.45) is 0 Å². The first-order valence-electron chi connectivity index (χ1n) is 7.33. The molecule has 0 fully saturated rings. The lowest BCUT2D eigenvalue weighted by Crippen LogP contribution is -2.20. The molecule has 23 heavy (non-hydrogen) atoms. The summed E-state index contributed by atoms with van der Waals surface area (Å²) in [6.07, 6.45) is 1.11. The lowest BCUT2D eigenvalue weighted by molar-refractivity contribution is -0.128. The number of hydrogen-bond acceptors (Lipinski definition) is 4. The highest BCUT2D eigenvalue weighted by Gasteiger charge is 2.03. The predicted octanol–water partition coefficient (Wildman–Crippen LogP) is 3.18. The van der Waals surface area contributed by atoms with Crippen molar-refractivity contribution >= 4 is 33.3 Å². The number of rotatable bonds is 6. The zero-order chi connectivity index (χ0) is 16.7. The molecule has 5 nitrogen and oxygen atoms in total. The van der Waals surface area contributed by atoms with E-state index in [1.165, 1.54) is 4.90 Å². The van der Waals surface area contributed by atoms with E-state index in [4.69, 9.17) is 10.9 Å². The molecule has 0 saturated heterocycles. The van der Waals surface area contributed by atoms with Gasteiger partial charge in [0.05, 0.1) is 6.42 Å². The molecule has 0 radical (unpaired) electrons. The van der Waals surface area contributed by atoms with Gasteiger partial charge in [0.15, 0.2) is 0 Å². The summed E-state index contributed by atoms with van der Waals surface area (Å²) in [4.78, 5) is 12.3. The average Bonchev–Trinajstić information content (AvgIpc) is 2.57. The van der Waals surface area contributed by atoms with Crippen LogP contribution in [0.4, 0.5) is 11.4 Å². The zero-order valence-electron chi connectivity index (χ0n) is 13.0. The van der Waals surface area contributed by atoms with Crippen molar-refractivity contribution in [2.45, 2.75) is 24.7 Å². The van der Waals surface area contributed by atoms with Crippen LogP contribution in [-0.4, -0.2) is 16.5 Å². The molecule has 1 amide bonds. The molecule has 0 aromatic heterocycles. The van der Waals surface area contributed by atoms with E-state index in [1.54, 1.807) is 5.48 Å². The zero-order valence-corrected chi connectivity index (χ0v) is 13.8. The van der Waals surface area contributed by atoms with Crippen LogP contribution in [0.3, 0.4) is 0 Å². The van der Waals surface area contributed by atoms with Gasteiger partial charge in [0.25, 0.3) is 0 Å². The molecule has 0 aliphatic heterocycles. The van der Waals surface area contributed by atoms with Gasteiger partial charge < -0.3 is 10.5 Å². The van der Waals surface area contributed by atoms with E-state index >= 15 is 0 Å². The van der Waals surface area contributed by atoms with Gasteiger partial charge in [-0.1, -0.05) is 29.7 Å². The molecule has 2 rings (SSSR count). The molecule has 2 aromatic carbocycles.